The van der Waals surface area contributed by atoms with E-state index in [-0.39, 0.29) is 45.6 Å². The molecule has 2 aliphatic heterocycles. The summed E-state index contributed by atoms with van der Waals surface area (Å²) in [5.41, 5.74) is 1.33. The smallest absolute Gasteiger partial charge is 0.245 e. The molecule has 152 valence electrons. The predicted octanol–water partition coefficient (Wildman–Crippen LogP) is 4.10. The molecule has 2 bridgehead atoms. The maximum Gasteiger partial charge on any atom is 0.352 e. The lowest BCUT2D eigenvalue weighted by atomic mass is 9.41. The number of para-hydroxylation sites is 1. The van der Waals surface area contributed by atoms with Crippen molar-refractivity contribution in [1.29, 1.82) is 0 Å². The van der Waals surface area contributed by atoms with Crippen molar-refractivity contribution in [3.63, 3.8) is 0 Å². The first-order valence-electron chi connectivity index (χ1n) is 10.4. The summed E-state index contributed by atoms with van der Waals surface area (Å²) in [6.07, 6.45) is 6.71. The highest BCUT2D eigenvalue weighted by atomic mass is 16.2. The lowest BCUT2D eigenvalue weighted by Gasteiger charge is -2.66. The first-order valence-corrected chi connectivity index (χ1v) is 10.4. The van der Waals surface area contributed by atoms with Gasteiger partial charge in [-0.1, -0.05) is 83.5 Å². The van der Waals surface area contributed by atoms with E-state index in [1.165, 1.54) is 10.1 Å². The lowest BCUT2D eigenvalue weighted by molar-refractivity contribution is -0.0653. The average molecular weight is 392 g/mol. The standard InChI is InChI=1S/C24H29N3O2/c1-22(2,3)16-14-24(23(4,5)6)18-13-12-17(19(16)24)26-20(28)25(21(29)27(18)26)15-10-8-7-9-11-15/h7-14,17-19H,1-6H3. The van der Waals surface area contributed by atoms with E-state index >= 15 is 0 Å². The fourth-order valence-corrected chi connectivity index (χ4v) is 5.93. The summed E-state index contributed by atoms with van der Waals surface area (Å²) in [6.45, 7) is 13.5. The summed E-state index contributed by atoms with van der Waals surface area (Å²) >= 11 is 0. The van der Waals surface area contributed by atoms with Gasteiger partial charge in [0, 0.05) is 11.3 Å². The molecule has 6 rings (SSSR count). The van der Waals surface area contributed by atoms with Gasteiger partial charge in [-0.3, -0.25) is 0 Å². The first kappa shape index (κ1) is 18.5. The van der Waals surface area contributed by atoms with Crippen LogP contribution < -0.4 is 11.4 Å². The van der Waals surface area contributed by atoms with Gasteiger partial charge >= 0.3 is 11.4 Å². The molecule has 0 saturated carbocycles. The summed E-state index contributed by atoms with van der Waals surface area (Å²) in [5, 5.41) is 0. The van der Waals surface area contributed by atoms with Crippen molar-refractivity contribution in [3.05, 3.63) is 75.1 Å². The lowest BCUT2D eigenvalue weighted by Crippen LogP contribution is -2.64. The van der Waals surface area contributed by atoms with Crippen LogP contribution in [-0.4, -0.2) is 13.9 Å². The second-order valence-electron chi connectivity index (χ2n) is 10.8. The summed E-state index contributed by atoms with van der Waals surface area (Å²) in [5.74, 6) is 0.223. The van der Waals surface area contributed by atoms with Crippen LogP contribution in [0.15, 0.2) is 63.7 Å². The van der Waals surface area contributed by atoms with Gasteiger partial charge in [-0.05, 0) is 23.0 Å². The molecule has 0 fully saturated rings. The van der Waals surface area contributed by atoms with Crippen LogP contribution in [0.1, 0.15) is 53.6 Å². The summed E-state index contributed by atoms with van der Waals surface area (Å²) in [4.78, 5) is 27.0. The van der Waals surface area contributed by atoms with Crippen molar-refractivity contribution in [2.24, 2.45) is 22.2 Å². The highest BCUT2D eigenvalue weighted by Crippen LogP contribution is 2.71. The number of hydrogen-bond acceptors (Lipinski definition) is 2. The van der Waals surface area contributed by atoms with Crippen LogP contribution in [0.5, 0.6) is 0 Å². The zero-order chi connectivity index (χ0) is 20.9. The second-order valence-corrected chi connectivity index (χ2v) is 10.8. The Kier molecular flexibility index (Phi) is 3.39. The molecular formula is C24H29N3O2. The van der Waals surface area contributed by atoms with Crippen LogP contribution in [0, 0.1) is 22.2 Å². The van der Waals surface area contributed by atoms with Crippen molar-refractivity contribution in [3.8, 4) is 5.69 Å². The number of nitrogens with zero attached hydrogens (tertiary/aromatic N) is 3. The SMILES string of the molecule is CC(C)(C)C1=CC2(C(C)(C)C)C1C1C=CC2n2c(=O)n(-c3ccccc3)c(=O)n21. The van der Waals surface area contributed by atoms with Gasteiger partial charge in [0.2, 0.25) is 0 Å². The third-order valence-electron chi connectivity index (χ3n) is 7.30. The molecule has 4 aliphatic rings. The van der Waals surface area contributed by atoms with Crippen LogP contribution >= 0.6 is 0 Å². The van der Waals surface area contributed by atoms with Crippen LogP contribution in [0.2, 0.25) is 0 Å². The summed E-state index contributed by atoms with van der Waals surface area (Å²) in [7, 11) is 0. The van der Waals surface area contributed by atoms with E-state index in [9.17, 15) is 9.59 Å². The molecule has 4 unspecified atom stereocenters. The van der Waals surface area contributed by atoms with Crippen molar-refractivity contribution >= 4 is 0 Å². The molecule has 3 heterocycles. The van der Waals surface area contributed by atoms with E-state index in [1.54, 1.807) is 9.36 Å². The molecule has 0 amide bonds. The Morgan fingerprint density at radius 1 is 0.862 bits per heavy atom. The summed E-state index contributed by atoms with van der Waals surface area (Å²) in [6, 6.07) is 8.94. The minimum atomic E-state index is -0.250. The van der Waals surface area contributed by atoms with Gasteiger partial charge in [-0.15, -0.1) is 0 Å². The van der Waals surface area contributed by atoms with Gasteiger partial charge in [0.25, 0.3) is 0 Å². The van der Waals surface area contributed by atoms with Crippen molar-refractivity contribution in [2.45, 2.75) is 53.6 Å². The Morgan fingerprint density at radius 2 is 1.48 bits per heavy atom. The van der Waals surface area contributed by atoms with E-state index in [0.717, 1.165) is 0 Å². The zero-order valence-electron chi connectivity index (χ0n) is 18.0. The maximum atomic E-state index is 13.5. The molecule has 5 heteroatoms. The first-order chi connectivity index (χ1) is 13.5. The average Bonchev–Trinajstić information content (AvgIpc) is 2.86. The van der Waals surface area contributed by atoms with Crippen molar-refractivity contribution in [2.75, 3.05) is 0 Å². The fourth-order valence-electron chi connectivity index (χ4n) is 5.93. The monoisotopic (exact) mass is 391 g/mol. The highest BCUT2D eigenvalue weighted by Gasteiger charge is 2.67. The molecule has 1 aromatic carbocycles. The third kappa shape index (κ3) is 2.06. The predicted molar refractivity (Wildman–Crippen MR) is 114 cm³/mol. The Bertz CT molecular complexity index is 1180. The van der Waals surface area contributed by atoms with E-state index in [1.807, 2.05) is 30.3 Å². The number of benzene rings is 1. The molecule has 1 aromatic heterocycles. The number of hydrogen-bond donors (Lipinski definition) is 0. The summed E-state index contributed by atoms with van der Waals surface area (Å²) < 4.78 is 4.76. The molecule has 0 saturated heterocycles. The van der Waals surface area contributed by atoms with Crippen LogP contribution in [0.25, 0.3) is 5.69 Å². The zero-order valence-corrected chi connectivity index (χ0v) is 18.0. The van der Waals surface area contributed by atoms with Crippen LogP contribution in [0.4, 0.5) is 0 Å². The molecule has 0 N–H and O–H groups in total. The number of rotatable bonds is 1. The van der Waals surface area contributed by atoms with E-state index in [2.05, 4.69) is 59.8 Å². The normalized spacial score (nSPS) is 29.9. The van der Waals surface area contributed by atoms with Gasteiger partial charge in [0.1, 0.15) is 0 Å². The minimum absolute atomic E-state index is 0.0292. The maximum absolute atomic E-state index is 13.5. The molecule has 29 heavy (non-hydrogen) atoms. The van der Waals surface area contributed by atoms with Crippen molar-refractivity contribution in [1.82, 2.24) is 13.9 Å². The molecular weight excluding hydrogens is 362 g/mol. The molecule has 2 aromatic rings. The van der Waals surface area contributed by atoms with Crippen LogP contribution in [-0.2, 0) is 0 Å². The fraction of sp³-hybridized carbons (Fsp3) is 0.500. The largest absolute Gasteiger partial charge is 0.352 e. The third-order valence-corrected chi connectivity index (χ3v) is 7.30. The van der Waals surface area contributed by atoms with Gasteiger partial charge in [-0.25, -0.2) is 23.5 Å². The Labute approximate surface area is 171 Å². The van der Waals surface area contributed by atoms with Gasteiger partial charge in [0.15, 0.2) is 0 Å². The Hall–Kier alpha value is -2.56. The van der Waals surface area contributed by atoms with E-state index < -0.39 is 0 Å². The molecule has 0 spiro atoms. The van der Waals surface area contributed by atoms with Gasteiger partial charge < -0.3 is 0 Å². The second kappa shape index (κ2) is 5.32. The molecule has 0 radical (unpaired) electrons. The van der Waals surface area contributed by atoms with Gasteiger partial charge in [-0.2, -0.15) is 0 Å². The Morgan fingerprint density at radius 3 is 2.07 bits per heavy atom. The molecule has 4 atom stereocenters. The Balaban J connectivity index is 1.81. The highest BCUT2D eigenvalue weighted by molar-refractivity contribution is 5.45. The van der Waals surface area contributed by atoms with E-state index in [4.69, 9.17) is 0 Å². The van der Waals surface area contributed by atoms with Gasteiger partial charge in [0.05, 0.1) is 17.8 Å². The van der Waals surface area contributed by atoms with Crippen molar-refractivity contribution < 1.29 is 0 Å². The molecule has 2 aliphatic carbocycles. The number of allylic oxidation sites excluding steroid dienone is 4. The minimum Gasteiger partial charge on any atom is -0.245 e. The topological polar surface area (TPSA) is 48.9 Å². The number of aromatic nitrogens is 3. The van der Waals surface area contributed by atoms with E-state index in [0.29, 0.717) is 5.69 Å². The quantitative estimate of drug-likeness (QED) is 0.687. The molecule has 5 nitrogen and oxygen atoms in total. The van der Waals surface area contributed by atoms with Crippen LogP contribution in [0.3, 0.4) is 0 Å².